The predicted octanol–water partition coefficient (Wildman–Crippen LogP) is 16.5. The van der Waals surface area contributed by atoms with Gasteiger partial charge in [0.15, 0.2) is 0 Å². The fourth-order valence-corrected chi connectivity index (χ4v) is 28.1. The third-order valence-corrected chi connectivity index (χ3v) is 34.2. The molecule has 0 aliphatic carbocycles. The van der Waals surface area contributed by atoms with Crippen LogP contribution in [0.4, 0.5) is 22.8 Å². The molecule has 18 aromatic carbocycles. The van der Waals surface area contributed by atoms with Crippen molar-refractivity contribution >= 4 is 230 Å². The molecule has 0 fully saturated rings. The standard InChI is InChI=1S/2C30H18BF2IN2O.2C25H16BNO.2FH/c32-34(33,35-19-9-2-1-3-10-19)23-14-7-17-26-28(23)31-22-13-6-12-21-20-11-4-5-15-24(20)36(30(21)22)25-16-8-18-27(37-26)29(25)31;32-34(33,35-20-8-2-1-3-9-20)19-16-17-27-24(18-19)31-23-12-6-11-22-21-10-4-5-13-25(21)36(30(22)23)26-14-7-15-28(37-27)29(26)31;1-15-7-4-11-19-25(15)28-22-14-6-13-21-23(22)26(19)18-10-5-9-17-16-8-2-3-12-20(16)27(21)24(17)18;1-15-12-13-18-23(14-15)28-22-11-5-10-21-24(22)26(18)19-8-4-7-17-16-6-2-3-9-20(16)27(21)25(17)19;;/h2*1-18H;2*2-14H,1H3;2*1H/p-2. The van der Waals surface area contributed by atoms with Crippen LogP contribution < -0.4 is 93.9 Å². The molecule has 0 saturated carbocycles. The van der Waals surface area contributed by atoms with Crippen molar-refractivity contribution in [1.82, 2.24) is 18.3 Å². The minimum Gasteiger partial charge on any atom is -1.00 e. The number of aromatic nitrogens is 4. The Morgan fingerprint density at radius 3 is 1.05 bits per heavy atom. The summed E-state index contributed by atoms with van der Waals surface area (Å²) in [5.74, 6) is 6.53. The summed E-state index contributed by atoms with van der Waals surface area (Å²) in [7, 11) is 0. The van der Waals surface area contributed by atoms with Crippen molar-refractivity contribution in [3.63, 3.8) is 0 Å². The zero-order valence-corrected chi connectivity index (χ0v) is 74.8. The normalized spacial score (nSPS) is 13.4. The molecule has 0 amide bonds. The fourth-order valence-electron chi connectivity index (χ4n) is 22.3. The maximum Gasteiger partial charge on any atom is -1.00 e. The SMILES string of the molecule is Cc1ccc2c(c1)Oc1cccc3c1B2c1cccc2c4ccccc4n-3c12.Cc1cccc2c1Oc1cccc3c1B2c1cccc2c4ccccc4n-3c12.FI(F)(=Nc1ccccc1)c1ccc2c(c1)B1c3c(cccc3-n3c4ccccc4c4cccc1c43)O2.FI(F)(=Nc1ccccc1)c1cccc2c1B1c3c(cccc3-n3c4ccccc4c4cccc1c43)O2.[F-].[F-]. The molecular weight excluding hydrogens is 1880 g/mol. The number of aryl methyl sites for hydroxylation is 2. The van der Waals surface area contributed by atoms with Crippen LogP contribution in [-0.2, 0) is 0 Å². The van der Waals surface area contributed by atoms with E-state index < -0.39 is 38.8 Å². The second-order valence-corrected chi connectivity index (χ2v) is 42.4. The molecular formula is C110H68B4F6I2N6O4-2. The van der Waals surface area contributed by atoms with E-state index in [1.165, 1.54) is 110 Å². The number of benzene rings is 18. The molecule has 132 heavy (non-hydrogen) atoms. The van der Waals surface area contributed by atoms with Crippen molar-refractivity contribution in [2.75, 3.05) is 0 Å². The molecule has 0 saturated heterocycles. The number of halogens is 8. The van der Waals surface area contributed by atoms with Gasteiger partial charge in [0.05, 0.1) is 11.0 Å². The molecule has 0 radical (unpaired) electrons. The Labute approximate surface area is 764 Å². The number of hydrogen-bond donors (Lipinski definition) is 0. The largest absolute Gasteiger partial charge is 1.00 e. The number of fused-ring (bicyclic) bond motifs is 28. The molecule has 0 N–H and O–H groups in total. The molecule has 0 atom stereocenters. The van der Waals surface area contributed by atoms with Crippen LogP contribution in [0.5, 0.6) is 46.0 Å². The van der Waals surface area contributed by atoms with Crippen LogP contribution in [-0.4, -0.2) is 45.1 Å². The van der Waals surface area contributed by atoms with E-state index in [1.807, 2.05) is 54.6 Å². The van der Waals surface area contributed by atoms with Gasteiger partial charge in [0.2, 0.25) is 0 Å². The quantitative estimate of drug-likeness (QED) is 0.0999. The number of ether oxygens (including phenoxy) is 4. The Bertz CT molecular complexity index is 8900. The van der Waals surface area contributed by atoms with Gasteiger partial charge >= 0.3 is 436 Å². The van der Waals surface area contributed by atoms with Crippen LogP contribution in [0.25, 0.3) is 110 Å². The number of para-hydroxylation sites is 9. The van der Waals surface area contributed by atoms with Gasteiger partial charge in [-0.2, -0.15) is 0 Å². The zero-order chi connectivity index (χ0) is 86.3. The van der Waals surface area contributed by atoms with Crippen LogP contribution in [0.2, 0.25) is 0 Å². The average Bonchev–Trinajstić information content (AvgIpc) is 1.34. The Kier molecular flexibility index (Phi) is 18.0. The molecule has 8 aliphatic heterocycles. The summed E-state index contributed by atoms with van der Waals surface area (Å²) >= 11 is -11.4. The van der Waals surface area contributed by atoms with Crippen molar-refractivity contribution in [2.45, 2.75) is 13.8 Å². The topological polar surface area (TPSA) is 81.4 Å². The van der Waals surface area contributed by atoms with E-state index in [4.69, 9.17) is 18.9 Å². The molecule has 10 nitrogen and oxygen atoms in total. The number of nitrogens with zero attached hydrogens (tertiary/aromatic N) is 6. The van der Waals surface area contributed by atoms with Gasteiger partial charge in [-0.05, 0) is 100 Å². The zero-order valence-electron chi connectivity index (χ0n) is 70.4. The van der Waals surface area contributed by atoms with Gasteiger partial charge in [0, 0.05) is 44.0 Å². The fraction of sp³-hybridized carbons (Fsp3) is 0.0182. The Hall–Kier alpha value is -14.7. The minimum absolute atomic E-state index is 0. The predicted molar refractivity (Wildman–Crippen MR) is 544 cm³/mol. The summed E-state index contributed by atoms with van der Waals surface area (Å²) in [6.07, 6.45) is 0. The maximum absolute atomic E-state index is 16.1. The summed E-state index contributed by atoms with van der Waals surface area (Å²) in [6, 6.07) is 125. The van der Waals surface area contributed by atoms with Gasteiger partial charge in [0.25, 0.3) is 13.4 Å². The van der Waals surface area contributed by atoms with Gasteiger partial charge in [-0.3, -0.25) is 0 Å². The van der Waals surface area contributed by atoms with E-state index in [-0.39, 0.29) is 43.4 Å². The molecule has 8 aliphatic rings. The van der Waals surface area contributed by atoms with E-state index in [1.54, 1.807) is 84.9 Å². The van der Waals surface area contributed by atoms with Crippen molar-refractivity contribution < 1.29 is 39.8 Å². The first-order chi connectivity index (χ1) is 63.9. The van der Waals surface area contributed by atoms with Crippen LogP contribution in [0, 0.1) is 21.0 Å². The molecule has 0 spiro atoms. The number of hydrogen-bond acceptors (Lipinski definition) is 6. The Morgan fingerprint density at radius 2 is 0.591 bits per heavy atom. The Morgan fingerprint density at radius 1 is 0.250 bits per heavy atom. The van der Waals surface area contributed by atoms with Crippen LogP contribution in [0.3, 0.4) is 0 Å². The summed E-state index contributed by atoms with van der Waals surface area (Å²) in [4.78, 5) is 0. The Balaban J connectivity index is 0.0000000948. The van der Waals surface area contributed by atoms with Gasteiger partial charge < -0.3 is 28.0 Å². The van der Waals surface area contributed by atoms with Gasteiger partial charge in [0.1, 0.15) is 23.0 Å². The minimum atomic E-state index is -5.77. The van der Waals surface area contributed by atoms with Gasteiger partial charge in [-0.15, -0.1) is 0 Å². The molecule has 0 bridgehead atoms. The molecule has 22 heteroatoms. The second kappa shape index (κ2) is 29.9. The van der Waals surface area contributed by atoms with Crippen LogP contribution in [0.1, 0.15) is 11.1 Å². The second-order valence-electron chi connectivity index (χ2n) is 34.3. The van der Waals surface area contributed by atoms with Crippen molar-refractivity contribution in [1.29, 1.82) is 0 Å². The van der Waals surface area contributed by atoms with Crippen LogP contribution >= 0.6 is 38.8 Å². The third kappa shape index (κ3) is 11.5. The van der Waals surface area contributed by atoms with Crippen LogP contribution in [0.15, 0.2) is 382 Å². The molecule has 30 rings (SSSR count). The summed E-state index contributed by atoms with van der Waals surface area (Å²) < 4.78 is 106. The van der Waals surface area contributed by atoms with Gasteiger partial charge in [-0.25, -0.2) is 0 Å². The molecule has 12 heterocycles. The maximum atomic E-state index is 16.1. The monoisotopic (exact) mass is 1950 g/mol. The van der Waals surface area contributed by atoms with E-state index in [0.717, 1.165) is 106 Å². The van der Waals surface area contributed by atoms with E-state index in [0.29, 0.717) is 34.1 Å². The summed E-state index contributed by atoms with van der Waals surface area (Å²) in [6.45, 7) is 4.09. The third-order valence-electron chi connectivity index (χ3n) is 27.4. The first kappa shape index (κ1) is 79.4. The molecule has 632 valence electrons. The molecule has 0 unspecified atom stereocenters. The average molecular weight is 1950 g/mol. The van der Waals surface area contributed by atoms with E-state index >= 15 is 11.4 Å². The number of rotatable bonds is 4. The van der Waals surface area contributed by atoms with Crippen molar-refractivity contribution in [2.24, 2.45) is 6.29 Å². The summed E-state index contributed by atoms with van der Waals surface area (Å²) in [5.41, 5.74) is 30.3. The van der Waals surface area contributed by atoms with Crippen molar-refractivity contribution in [3.05, 3.63) is 394 Å². The van der Waals surface area contributed by atoms with Gasteiger partial charge in [-0.1, -0.05) is 115 Å². The first-order valence-corrected chi connectivity index (χ1v) is 50.9. The summed E-state index contributed by atoms with van der Waals surface area (Å²) in [5, 5.41) is 9.86. The van der Waals surface area contributed by atoms with E-state index in [9.17, 15) is 0 Å². The molecule has 4 aromatic heterocycles. The smallest absolute Gasteiger partial charge is 1.00 e. The molecule has 22 aromatic rings. The van der Waals surface area contributed by atoms with Crippen molar-refractivity contribution in [3.8, 4) is 68.7 Å². The first-order valence-electron chi connectivity index (χ1n) is 43.6. The van der Waals surface area contributed by atoms with E-state index in [2.05, 4.69) is 269 Å².